The van der Waals surface area contributed by atoms with Gasteiger partial charge in [-0.2, -0.15) is 0 Å². The second-order valence-electron chi connectivity index (χ2n) is 10.1. The van der Waals surface area contributed by atoms with Crippen LogP contribution in [-0.4, -0.2) is 19.0 Å². The van der Waals surface area contributed by atoms with Crippen molar-refractivity contribution in [2.75, 3.05) is 13.2 Å². The van der Waals surface area contributed by atoms with Crippen LogP contribution in [0.3, 0.4) is 0 Å². The molecule has 3 unspecified atom stereocenters. The van der Waals surface area contributed by atoms with Crippen LogP contribution in [0.2, 0.25) is 0 Å². The number of hydrogen-bond acceptors (Lipinski definition) is 2. The first-order chi connectivity index (χ1) is 11.0. The molecule has 0 radical (unpaired) electrons. The standard InChI is InChI=1S/C21H34O2/c1-19-8-3-4-17(19)16-6-5-15-14-21(22-12-13-23-21)11-10-20(15,2)18(16)7-9-19/h15-18H,3-14H2,1-2H3/t15-,16?,17?,18?,19-,20-/m0/s1. The monoisotopic (exact) mass is 318 g/mol. The predicted molar refractivity (Wildman–Crippen MR) is 91.0 cm³/mol. The molecule has 2 nitrogen and oxygen atoms in total. The van der Waals surface area contributed by atoms with E-state index >= 15 is 0 Å². The lowest BCUT2D eigenvalue weighted by Crippen LogP contribution is -2.55. The van der Waals surface area contributed by atoms with Crippen LogP contribution in [0, 0.1) is 34.5 Å². The Hall–Kier alpha value is -0.0800. The van der Waals surface area contributed by atoms with Crippen LogP contribution in [0.4, 0.5) is 0 Å². The summed E-state index contributed by atoms with van der Waals surface area (Å²) in [7, 11) is 0. The molecule has 0 N–H and O–H groups in total. The lowest BCUT2D eigenvalue weighted by Gasteiger charge is -2.61. The van der Waals surface area contributed by atoms with Crippen molar-refractivity contribution in [3.05, 3.63) is 0 Å². The van der Waals surface area contributed by atoms with Crippen LogP contribution in [0.15, 0.2) is 0 Å². The van der Waals surface area contributed by atoms with E-state index in [1.54, 1.807) is 0 Å². The van der Waals surface area contributed by atoms with Crippen molar-refractivity contribution in [3.8, 4) is 0 Å². The highest BCUT2D eigenvalue weighted by atomic mass is 16.7. The summed E-state index contributed by atoms with van der Waals surface area (Å²) >= 11 is 0. The Bertz CT molecular complexity index is 482. The Labute approximate surface area is 141 Å². The summed E-state index contributed by atoms with van der Waals surface area (Å²) in [4.78, 5) is 0. The van der Waals surface area contributed by atoms with E-state index in [0.29, 0.717) is 10.8 Å². The fourth-order valence-corrected chi connectivity index (χ4v) is 7.95. The molecule has 0 amide bonds. The highest BCUT2D eigenvalue weighted by Gasteiger charge is 2.60. The Kier molecular flexibility index (Phi) is 3.29. The molecular weight excluding hydrogens is 284 g/mol. The molecule has 4 saturated carbocycles. The highest BCUT2D eigenvalue weighted by molar-refractivity contribution is 5.08. The lowest BCUT2D eigenvalue weighted by atomic mass is 9.45. The van der Waals surface area contributed by atoms with Crippen molar-refractivity contribution >= 4 is 0 Å². The van der Waals surface area contributed by atoms with Gasteiger partial charge in [-0.25, -0.2) is 0 Å². The van der Waals surface area contributed by atoms with Gasteiger partial charge in [-0.3, -0.25) is 0 Å². The van der Waals surface area contributed by atoms with E-state index in [4.69, 9.17) is 9.47 Å². The third-order valence-electron chi connectivity index (χ3n) is 9.26. The van der Waals surface area contributed by atoms with Crippen LogP contribution in [0.5, 0.6) is 0 Å². The summed E-state index contributed by atoms with van der Waals surface area (Å²) in [6, 6.07) is 0. The van der Waals surface area contributed by atoms with Crippen LogP contribution in [-0.2, 0) is 9.47 Å². The van der Waals surface area contributed by atoms with Gasteiger partial charge in [0.25, 0.3) is 0 Å². The van der Waals surface area contributed by atoms with Crippen molar-refractivity contribution in [2.24, 2.45) is 34.5 Å². The van der Waals surface area contributed by atoms with E-state index in [1.807, 2.05) is 0 Å². The van der Waals surface area contributed by atoms with Gasteiger partial charge in [0.05, 0.1) is 13.2 Å². The molecule has 23 heavy (non-hydrogen) atoms. The summed E-state index contributed by atoms with van der Waals surface area (Å²) in [5, 5.41) is 0. The van der Waals surface area contributed by atoms with Gasteiger partial charge in [0.2, 0.25) is 0 Å². The van der Waals surface area contributed by atoms with Gasteiger partial charge in [-0.15, -0.1) is 0 Å². The smallest absolute Gasteiger partial charge is 0.168 e. The van der Waals surface area contributed by atoms with Gasteiger partial charge < -0.3 is 9.47 Å². The summed E-state index contributed by atoms with van der Waals surface area (Å²) in [6.45, 7) is 6.89. The van der Waals surface area contributed by atoms with Gasteiger partial charge >= 0.3 is 0 Å². The number of fused-ring (bicyclic) bond motifs is 5. The summed E-state index contributed by atoms with van der Waals surface area (Å²) in [6.07, 6.45) is 14.1. The Morgan fingerprint density at radius 2 is 1.61 bits per heavy atom. The van der Waals surface area contributed by atoms with Crippen LogP contribution >= 0.6 is 0 Å². The Balaban J connectivity index is 1.41. The zero-order chi connectivity index (χ0) is 15.7. The molecule has 1 spiro atoms. The molecule has 0 bridgehead atoms. The minimum Gasteiger partial charge on any atom is -0.348 e. The van der Waals surface area contributed by atoms with Gasteiger partial charge in [0.1, 0.15) is 0 Å². The predicted octanol–water partition coefficient (Wildman–Crippen LogP) is 5.16. The molecule has 5 fully saturated rings. The van der Waals surface area contributed by atoms with Crippen LogP contribution in [0.25, 0.3) is 0 Å². The Morgan fingerprint density at radius 1 is 0.783 bits per heavy atom. The van der Waals surface area contributed by atoms with Crippen molar-refractivity contribution in [1.29, 1.82) is 0 Å². The van der Waals surface area contributed by atoms with E-state index in [2.05, 4.69) is 13.8 Å². The SMILES string of the molecule is C[C@@]12CCCC1C1CC[C@H]3CC4(CC[C@]3(C)C1CC2)OCCO4. The second kappa shape index (κ2) is 4.97. The van der Waals surface area contributed by atoms with E-state index in [9.17, 15) is 0 Å². The normalized spacial score (nSPS) is 54.5. The fourth-order valence-electron chi connectivity index (χ4n) is 7.95. The molecule has 0 aromatic heterocycles. The first kappa shape index (κ1) is 15.2. The largest absolute Gasteiger partial charge is 0.348 e. The molecule has 1 saturated heterocycles. The van der Waals surface area contributed by atoms with E-state index < -0.39 is 0 Å². The lowest BCUT2D eigenvalue weighted by molar-refractivity contribution is -0.229. The fraction of sp³-hybridized carbons (Fsp3) is 1.00. The molecule has 1 aliphatic heterocycles. The van der Waals surface area contributed by atoms with Gasteiger partial charge in [0.15, 0.2) is 5.79 Å². The molecule has 0 aromatic rings. The third-order valence-corrected chi connectivity index (χ3v) is 9.26. The van der Waals surface area contributed by atoms with Crippen LogP contribution in [0.1, 0.15) is 78.1 Å². The van der Waals surface area contributed by atoms with Gasteiger partial charge in [0, 0.05) is 12.8 Å². The number of rotatable bonds is 0. The first-order valence-electron chi connectivity index (χ1n) is 10.3. The minimum atomic E-state index is -0.187. The molecule has 4 aliphatic carbocycles. The maximum absolute atomic E-state index is 6.07. The summed E-state index contributed by atoms with van der Waals surface area (Å²) in [5.41, 5.74) is 1.26. The maximum Gasteiger partial charge on any atom is 0.168 e. The van der Waals surface area contributed by atoms with Crippen LogP contribution < -0.4 is 0 Å². The zero-order valence-electron chi connectivity index (χ0n) is 15.1. The van der Waals surface area contributed by atoms with Crippen molar-refractivity contribution < 1.29 is 9.47 Å². The third kappa shape index (κ3) is 2.06. The summed E-state index contributed by atoms with van der Waals surface area (Å²) in [5.74, 6) is 3.69. The maximum atomic E-state index is 6.07. The molecule has 6 atom stereocenters. The molecule has 1 heterocycles. The molecule has 0 aromatic carbocycles. The van der Waals surface area contributed by atoms with Crippen molar-refractivity contribution in [1.82, 2.24) is 0 Å². The number of hydrogen-bond donors (Lipinski definition) is 0. The molecule has 5 rings (SSSR count). The van der Waals surface area contributed by atoms with Gasteiger partial charge in [-0.05, 0) is 79.4 Å². The highest BCUT2D eigenvalue weighted by Crippen LogP contribution is 2.67. The van der Waals surface area contributed by atoms with Crippen molar-refractivity contribution in [3.63, 3.8) is 0 Å². The topological polar surface area (TPSA) is 18.5 Å². The minimum absolute atomic E-state index is 0.187. The average Bonchev–Trinajstić information content (AvgIpc) is 3.15. The Morgan fingerprint density at radius 3 is 2.43 bits per heavy atom. The van der Waals surface area contributed by atoms with Gasteiger partial charge in [-0.1, -0.05) is 20.3 Å². The number of ether oxygens (including phenoxy) is 2. The average molecular weight is 319 g/mol. The molecule has 130 valence electrons. The molecule has 5 aliphatic rings. The zero-order valence-corrected chi connectivity index (χ0v) is 15.1. The van der Waals surface area contributed by atoms with E-state index in [1.165, 1.54) is 57.8 Å². The van der Waals surface area contributed by atoms with E-state index in [-0.39, 0.29) is 5.79 Å². The second-order valence-corrected chi connectivity index (χ2v) is 10.1. The quantitative estimate of drug-likeness (QED) is 0.614. The van der Waals surface area contributed by atoms with E-state index in [0.717, 1.165) is 43.3 Å². The van der Waals surface area contributed by atoms with Crippen molar-refractivity contribution in [2.45, 2.75) is 83.8 Å². The summed E-state index contributed by atoms with van der Waals surface area (Å²) < 4.78 is 12.1. The molecule has 2 heteroatoms. The first-order valence-corrected chi connectivity index (χ1v) is 10.3. The molecular formula is C21H34O2.